The molecule has 1 amide bonds. The lowest BCUT2D eigenvalue weighted by Crippen LogP contribution is -2.41. The average molecular weight is 347 g/mol. The van der Waals surface area contributed by atoms with Crippen LogP contribution in [0.4, 0.5) is 0 Å². The zero-order valence-corrected chi connectivity index (χ0v) is 15.8. The molecule has 3 atom stereocenters. The lowest BCUT2D eigenvalue weighted by Gasteiger charge is -2.31. The predicted molar refractivity (Wildman–Crippen MR) is 95.7 cm³/mol. The van der Waals surface area contributed by atoms with Gasteiger partial charge in [0.05, 0.1) is 17.4 Å². The van der Waals surface area contributed by atoms with E-state index in [0.717, 1.165) is 5.56 Å². The first-order chi connectivity index (χ1) is 11.6. The number of aliphatic hydroxyl groups excluding tert-OH is 1. The molecule has 1 aromatic rings. The topological polar surface area (TPSA) is 66.8 Å². The molecule has 1 saturated heterocycles. The molecule has 1 fully saturated rings. The summed E-state index contributed by atoms with van der Waals surface area (Å²) in [6, 6.07) is 9.61. The summed E-state index contributed by atoms with van der Waals surface area (Å²) in [6.07, 6.45) is 0.257. The molecule has 25 heavy (non-hydrogen) atoms. The fraction of sp³-hybridized carbons (Fsp3) is 0.600. The maximum Gasteiger partial charge on any atom is 0.314 e. The van der Waals surface area contributed by atoms with E-state index in [4.69, 9.17) is 4.74 Å². The van der Waals surface area contributed by atoms with Crippen molar-refractivity contribution >= 4 is 11.9 Å². The number of rotatable bonds is 5. The van der Waals surface area contributed by atoms with Crippen molar-refractivity contribution in [3.05, 3.63) is 35.9 Å². The van der Waals surface area contributed by atoms with Gasteiger partial charge in [-0.15, -0.1) is 0 Å². The number of carbonyl (C=O) groups excluding carboxylic acids is 2. The highest BCUT2D eigenvalue weighted by Crippen LogP contribution is 2.43. The number of esters is 1. The number of amides is 1. The third-order valence-corrected chi connectivity index (χ3v) is 4.88. The smallest absolute Gasteiger partial charge is 0.314 e. The highest BCUT2D eigenvalue weighted by atomic mass is 16.6. The standard InChI is InChI=1S/C20H29NO4/c1-14(15-9-7-6-8-10-15)21-13-20(5,16(11-12-22)17(21)23)18(24)25-19(2,3)4/h6-10,14,16,22H,11-13H2,1-5H3/t14-,16?,20-/m1/s1. The van der Waals surface area contributed by atoms with Crippen LogP contribution >= 0.6 is 0 Å². The molecular weight excluding hydrogens is 318 g/mol. The van der Waals surface area contributed by atoms with Crippen LogP contribution in [0.5, 0.6) is 0 Å². The molecule has 0 aliphatic carbocycles. The van der Waals surface area contributed by atoms with Crippen molar-refractivity contribution < 1.29 is 19.4 Å². The summed E-state index contributed by atoms with van der Waals surface area (Å²) >= 11 is 0. The first kappa shape index (κ1) is 19.4. The number of nitrogens with zero attached hydrogens (tertiary/aromatic N) is 1. The van der Waals surface area contributed by atoms with Gasteiger partial charge in [0.1, 0.15) is 5.60 Å². The Kier molecular flexibility index (Phi) is 5.57. The molecule has 0 bridgehead atoms. The quantitative estimate of drug-likeness (QED) is 0.832. The fourth-order valence-electron chi connectivity index (χ4n) is 3.43. The predicted octanol–water partition coefficient (Wildman–Crippen LogP) is 2.94. The lowest BCUT2D eigenvalue weighted by molar-refractivity contribution is -0.169. The molecule has 1 unspecified atom stereocenters. The monoisotopic (exact) mass is 347 g/mol. The molecule has 138 valence electrons. The van der Waals surface area contributed by atoms with Gasteiger partial charge in [0, 0.05) is 13.2 Å². The van der Waals surface area contributed by atoms with E-state index in [1.54, 1.807) is 11.8 Å². The number of aliphatic hydroxyl groups is 1. The number of ether oxygens (including phenoxy) is 1. The van der Waals surface area contributed by atoms with Crippen LogP contribution in [0.2, 0.25) is 0 Å². The number of carbonyl (C=O) groups is 2. The Bertz CT molecular complexity index is 622. The van der Waals surface area contributed by atoms with Crippen molar-refractivity contribution in [2.75, 3.05) is 13.2 Å². The summed E-state index contributed by atoms with van der Waals surface area (Å²) in [5, 5.41) is 9.41. The van der Waals surface area contributed by atoms with E-state index < -0.39 is 16.9 Å². The van der Waals surface area contributed by atoms with Crippen LogP contribution in [-0.4, -0.2) is 40.6 Å². The zero-order chi connectivity index (χ0) is 18.8. The molecule has 5 nitrogen and oxygen atoms in total. The normalized spacial score (nSPS) is 25.1. The van der Waals surface area contributed by atoms with Crippen LogP contribution in [0, 0.1) is 11.3 Å². The second kappa shape index (κ2) is 7.16. The van der Waals surface area contributed by atoms with E-state index >= 15 is 0 Å². The second-order valence-electron chi connectivity index (χ2n) is 8.04. The van der Waals surface area contributed by atoms with E-state index in [9.17, 15) is 14.7 Å². The molecule has 0 saturated carbocycles. The maximum absolute atomic E-state index is 13.0. The Morgan fingerprint density at radius 2 is 1.96 bits per heavy atom. The van der Waals surface area contributed by atoms with Gasteiger partial charge in [-0.05, 0) is 46.6 Å². The van der Waals surface area contributed by atoms with Crippen molar-refractivity contribution in [1.82, 2.24) is 4.90 Å². The molecule has 1 aliphatic heterocycles. The molecule has 1 aromatic carbocycles. The Morgan fingerprint density at radius 1 is 1.36 bits per heavy atom. The Morgan fingerprint density at radius 3 is 2.48 bits per heavy atom. The first-order valence-electron chi connectivity index (χ1n) is 8.80. The molecule has 1 N–H and O–H groups in total. The van der Waals surface area contributed by atoms with Gasteiger partial charge in [0.2, 0.25) is 5.91 Å². The van der Waals surface area contributed by atoms with Crippen LogP contribution in [0.25, 0.3) is 0 Å². The van der Waals surface area contributed by atoms with Crippen LogP contribution < -0.4 is 0 Å². The van der Waals surface area contributed by atoms with Crippen molar-refractivity contribution in [1.29, 1.82) is 0 Å². The van der Waals surface area contributed by atoms with Gasteiger partial charge in [-0.25, -0.2) is 0 Å². The maximum atomic E-state index is 13.0. The molecular formula is C20H29NO4. The Hall–Kier alpha value is -1.88. The summed E-state index contributed by atoms with van der Waals surface area (Å²) in [7, 11) is 0. The van der Waals surface area contributed by atoms with Gasteiger partial charge in [-0.1, -0.05) is 30.3 Å². The van der Waals surface area contributed by atoms with Crippen molar-refractivity contribution in [3.63, 3.8) is 0 Å². The van der Waals surface area contributed by atoms with Crippen LogP contribution in [-0.2, 0) is 14.3 Å². The molecule has 2 rings (SSSR count). The number of likely N-dealkylation sites (tertiary alicyclic amines) is 1. The molecule has 1 aliphatic rings. The third-order valence-electron chi connectivity index (χ3n) is 4.88. The summed E-state index contributed by atoms with van der Waals surface area (Å²) in [4.78, 5) is 27.6. The molecule has 0 spiro atoms. The summed E-state index contributed by atoms with van der Waals surface area (Å²) < 4.78 is 5.58. The summed E-state index contributed by atoms with van der Waals surface area (Å²) in [6.45, 7) is 9.34. The van der Waals surface area contributed by atoms with Crippen molar-refractivity contribution in [2.45, 2.75) is 52.7 Å². The number of benzene rings is 1. The van der Waals surface area contributed by atoms with Crippen molar-refractivity contribution in [2.24, 2.45) is 11.3 Å². The van der Waals surface area contributed by atoms with E-state index in [2.05, 4.69) is 0 Å². The van der Waals surface area contributed by atoms with Gasteiger partial charge in [0.15, 0.2) is 0 Å². The van der Waals surface area contributed by atoms with Gasteiger partial charge < -0.3 is 14.7 Å². The number of hydrogen-bond acceptors (Lipinski definition) is 4. The Balaban J connectivity index is 2.31. The summed E-state index contributed by atoms with van der Waals surface area (Å²) in [5.41, 5.74) is -0.561. The van der Waals surface area contributed by atoms with Crippen LogP contribution in [0.1, 0.15) is 52.6 Å². The minimum atomic E-state index is -0.962. The van der Waals surface area contributed by atoms with Gasteiger partial charge in [-0.3, -0.25) is 9.59 Å². The van der Waals surface area contributed by atoms with Gasteiger partial charge in [-0.2, -0.15) is 0 Å². The number of hydrogen-bond donors (Lipinski definition) is 1. The third kappa shape index (κ3) is 4.03. The molecule has 0 aromatic heterocycles. The van der Waals surface area contributed by atoms with E-state index in [-0.39, 0.29) is 30.9 Å². The fourth-order valence-corrected chi connectivity index (χ4v) is 3.43. The lowest BCUT2D eigenvalue weighted by atomic mass is 9.78. The van der Waals surface area contributed by atoms with Crippen molar-refractivity contribution in [3.8, 4) is 0 Å². The van der Waals surface area contributed by atoms with E-state index in [1.165, 1.54) is 0 Å². The van der Waals surface area contributed by atoms with E-state index in [1.807, 2.05) is 58.0 Å². The van der Waals surface area contributed by atoms with E-state index in [0.29, 0.717) is 6.54 Å². The minimum absolute atomic E-state index is 0.0984. The molecule has 5 heteroatoms. The first-order valence-corrected chi connectivity index (χ1v) is 8.80. The average Bonchev–Trinajstić information content (AvgIpc) is 2.80. The largest absolute Gasteiger partial charge is 0.459 e. The molecule has 0 radical (unpaired) electrons. The highest BCUT2D eigenvalue weighted by molar-refractivity contribution is 5.92. The SMILES string of the molecule is C[C@H](c1ccccc1)N1C[C@@](C)(C(=O)OC(C)(C)C)C(CCO)C1=O. The Labute approximate surface area is 150 Å². The van der Waals surface area contributed by atoms with Gasteiger partial charge in [0.25, 0.3) is 0 Å². The van der Waals surface area contributed by atoms with Crippen LogP contribution in [0.15, 0.2) is 30.3 Å². The van der Waals surface area contributed by atoms with Gasteiger partial charge >= 0.3 is 5.97 Å². The zero-order valence-electron chi connectivity index (χ0n) is 15.8. The van der Waals surface area contributed by atoms with Crippen LogP contribution in [0.3, 0.4) is 0 Å². The molecule has 1 heterocycles. The highest BCUT2D eigenvalue weighted by Gasteiger charge is 2.56. The minimum Gasteiger partial charge on any atom is -0.459 e. The second-order valence-corrected chi connectivity index (χ2v) is 8.04. The summed E-state index contributed by atoms with van der Waals surface area (Å²) in [5.74, 6) is -1.05.